The second-order valence-electron chi connectivity index (χ2n) is 4.75. The summed E-state index contributed by atoms with van der Waals surface area (Å²) < 4.78 is 10.2. The summed E-state index contributed by atoms with van der Waals surface area (Å²) in [5.41, 5.74) is 0.448. The van der Waals surface area contributed by atoms with Crippen LogP contribution in [0.2, 0.25) is 0 Å². The Morgan fingerprint density at radius 2 is 2.10 bits per heavy atom. The molecule has 0 aliphatic heterocycles. The molecule has 1 N–H and O–H groups in total. The summed E-state index contributed by atoms with van der Waals surface area (Å²) in [5, 5.41) is 3.79. The molecule has 0 fully saturated rings. The summed E-state index contributed by atoms with van der Waals surface area (Å²) >= 11 is 0. The van der Waals surface area contributed by atoms with E-state index in [0.29, 0.717) is 16.5 Å². The maximum Gasteiger partial charge on any atom is 0.344 e. The number of nitrogens with one attached hydrogen (secondary N) is 1. The van der Waals surface area contributed by atoms with E-state index in [9.17, 15) is 9.59 Å². The largest absolute Gasteiger partial charge is 0.467 e. The first-order valence-electron chi connectivity index (χ1n) is 6.48. The molecule has 0 aliphatic carbocycles. The fourth-order valence-corrected chi connectivity index (χ4v) is 2.08. The monoisotopic (exact) mass is 283 g/mol. The molecule has 2 heterocycles. The third kappa shape index (κ3) is 2.72. The lowest BCUT2D eigenvalue weighted by Gasteiger charge is -2.04. The van der Waals surface area contributed by atoms with E-state index in [-0.39, 0.29) is 12.3 Å². The summed E-state index contributed by atoms with van der Waals surface area (Å²) in [6.07, 6.45) is 1.53. The van der Waals surface area contributed by atoms with Crippen molar-refractivity contribution in [3.63, 3.8) is 0 Å². The normalized spacial score (nSPS) is 10.7. The lowest BCUT2D eigenvalue weighted by atomic mass is 10.1. The molecular formula is C16H13NO4. The molecule has 0 unspecified atom stereocenters. The molecule has 21 heavy (non-hydrogen) atoms. The van der Waals surface area contributed by atoms with Gasteiger partial charge in [-0.2, -0.15) is 0 Å². The molecule has 3 rings (SSSR count). The molecule has 2 aromatic heterocycles. The van der Waals surface area contributed by atoms with Crippen molar-refractivity contribution in [2.45, 2.75) is 13.5 Å². The molecule has 0 saturated carbocycles. The van der Waals surface area contributed by atoms with Crippen LogP contribution in [0.5, 0.6) is 0 Å². The molecule has 1 aromatic carbocycles. The quantitative estimate of drug-likeness (QED) is 0.802. The minimum Gasteiger partial charge on any atom is -0.467 e. The fourth-order valence-electron chi connectivity index (χ4n) is 2.08. The Morgan fingerprint density at radius 3 is 2.86 bits per heavy atom. The molecule has 5 nitrogen and oxygen atoms in total. The van der Waals surface area contributed by atoms with Crippen LogP contribution in [-0.4, -0.2) is 5.91 Å². The van der Waals surface area contributed by atoms with Crippen molar-refractivity contribution < 1.29 is 13.6 Å². The summed E-state index contributed by atoms with van der Waals surface area (Å²) in [6, 6.07) is 10.5. The Balaban J connectivity index is 1.88. The Morgan fingerprint density at radius 1 is 1.24 bits per heavy atom. The Kier molecular flexibility index (Phi) is 3.31. The smallest absolute Gasteiger partial charge is 0.344 e. The van der Waals surface area contributed by atoms with Crippen LogP contribution in [0.3, 0.4) is 0 Å². The number of benzene rings is 1. The molecule has 5 heteroatoms. The predicted molar refractivity (Wildman–Crippen MR) is 77.1 cm³/mol. The van der Waals surface area contributed by atoms with Crippen molar-refractivity contribution >= 4 is 16.7 Å². The van der Waals surface area contributed by atoms with E-state index in [4.69, 9.17) is 8.83 Å². The summed E-state index contributed by atoms with van der Waals surface area (Å²) in [5.74, 6) is 0.163. The number of aryl methyl sites for hydroxylation is 1. The van der Waals surface area contributed by atoms with Crippen LogP contribution < -0.4 is 10.9 Å². The maximum absolute atomic E-state index is 12.0. The van der Waals surface area contributed by atoms with Crippen LogP contribution in [0, 0.1) is 6.92 Å². The van der Waals surface area contributed by atoms with Crippen LogP contribution in [0.15, 0.2) is 56.3 Å². The molecular weight excluding hydrogens is 270 g/mol. The number of furan rings is 1. The summed E-state index contributed by atoms with van der Waals surface area (Å²) in [7, 11) is 0. The number of fused-ring (bicyclic) bond motifs is 1. The van der Waals surface area contributed by atoms with E-state index < -0.39 is 11.5 Å². The zero-order chi connectivity index (χ0) is 14.8. The number of rotatable bonds is 3. The molecule has 0 saturated heterocycles. The van der Waals surface area contributed by atoms with Gasteiger partial charge in [-0.3, -0.25) is 4.79 Å². The van der Waals surface area contributed by atoms with Gasteiger partial charge in [0.15, 0.2) is 5.76 Å². The van der Waals surface area contributed by atoms with Gasteiger partial charge in [0.1, 0.15) is 5.76 Å². The van der Waals surface area contributed by atoms with E-state index in [1.165, 1.54) is 6.26 Å². The summed E-state index contributed by atoms with van der Waals surface area (Å²) in [6.45, 7) is 2.13. The lowest BCUT2D eigenvalue weighted by Crippen LogP contribution is -2.23. The van der Waals surface area contributed by atoms with Crippen molar-refractivity contribution in [2.75, 3.05) is 0 Å². The third-order valence-electron chi connectivity index (χ3n) is 3.15. The van der Waals surface area contributed by atoms with Crippen molar-refractivity contribution in [2.24, 2.45) is 0 Å². The van der Waals surface area contributed by atoms with Gasteiger partial charge in [-0.15, -0.1) is 0 Å². The van der Waals surface area contributed by atoms with Crippen molar-refractivity contribution in [1.29, 1.82) is 0 Å². The standard InChI is InChI=1S/C16H13NO4/c1-10-4-5-11-8-14(21-16(19)13(11)7-10)15(18)17-9-12-3-2-6-20-12/h2-8H,9H2,1H3,(H,17,18). The molecule has 1 amide bonds. The molecule has 3 aromatic rings. The zero-order valence-corrected chi connectivity index (χ0v) is 11.4. The highest BCUT2D eigenvalue weighted by atomic mass is 16.4. The minimum atomic E-state index is -0.514. The average molecular weight is 283 g/mol. The number of carbonyl (C=O) groups excluding carboxylic acids is 1. The second kappa shape index (κ2) is 5.28. The SMILES string of the molecule is Cc1ccc2cc(C(=O)NCc3ccco3)oc(=O)c2c1. The van der Waals surface area contributed by atoms with Crippen molar-refractivity contribution in [3.05, 3.63) is 70.2 Å². The highest BCUT2D eigenvalue weighted by Crippen LogP contribution is 2.14. The van der Waals surface area contributed by atoms with Gasteiger partial charge in [-0.25, -0.2) is 4.79 Å². The maximum atomic E-state index is 12.0. The molecule has 0 spiro atoms. The van der Waals surface area contributed by atoms with Gasteiger partial charge in [0.05, 0.1) is 18.2 Å². The molecule has 106 valence electrons. The Hall–Kier alpha value is -2.82. The van der Waals surface area contributed by atoms with Gasteiger partial charge in [0, 0.05) is 0 Å². The first kappa shape index (κ1) is 13.2. The van der Waals surface area contributed by atoms with Gasteiger partial charge in [-0.1, -0.05) is 17.7 Å². The zero-order valence-electron chi connectivity index (χ0n) is 11.4. The van der Waals surface area contributed by atoms with E-state index in [2.05, 4.69) is 5.32 Å². The summed E-state index contributed by atoms with van der Waals surface area (Å²) in [4.78, 5) is 23.9. The third-order valence-corrected chi connectivity index (χ3v) is 3.15. The van der Waals surface area contributed by atoms with Crippen molar-refractivity contribution in [3.8, 4) is 0 Å². The average Bonchev–Trinajstić information content (AvgIpc) is 2.98. The highest BCUT2D eigenvalue weighted by Gasteiger charge is 2.12. The van der Waals surface area contributed by atoms with E-state index in [1.807, 2.05) is 13.0 Å². The van der Waals surface area contributed by atoms with Crippen LogP contribution in [-0.2, 0) is 6.54 Å². The topological polar surface area (TPSA) is 72.5 Å². The van der Waals surface area contributed by atoms with Crippen LogP contribution in [0.4, 0.5) is 0 Å². The van der Waals surface area contributed by atoms with Gasteiger partial charge in [0.25, 0.3) is 5.91 Å². The van der Waals surface area contributed by atoms with Crippen LogP contribution in [0.25, 0.3) is 10.8 Å². The van der Waals surface area contributed by atoms with E-state index >= 15 is 0 Å². The molecule has 0 radical (unpaired) electrons. The van der Waals surface area contributed by atoms with E-state index in [1.54, 1.807) is 30.3 Å². The Bertz CT molecular complexity index is 846. The number of hydrogen-bond donors (Lipinski definition) is 1. The molecule has 0 bridgehead atoms. The van der Waals surface area contributed by atoms with Gasteiger partial charge < -0.3 is 14.2 Å². The first-order valence-corrected chi connectivity index (χ1v) is 6.48. The second-order valence-corrected chi connectivity index (χ2v) is 4.75. The van der Waals surface area contributed by atoms with Gasteiger partial charge >= 0.3 is 5.63 Å². The van der Waals surface area contributed by atoms with Crippen LogP contribution >= 0.6 is 0 Å². The van der Waals surface area contributed by atoms with Crippen LogP contribution in [0.1, 0.15) is 21.9 Å². The van der Waals surface area contributed by atoms with Crippen molar-refractivity contribution in [1.82, 2.24) is 5.32 Å². The molecule has 0 atom stereocenters. The first-order chi connectivity index (χ1) is 10.1. The number of carbonyl (C=O) groups is 1. The Labute approximate surface area is 120 Å². The molecule has 0 aliphatic rings. The van der Waals surface area contributed by atoms with Gasteiger partial charge in [0.2, 0.25) is 0 Å². The fraction of sp³-hybridized carbons (Fsp3) is 0.125. The lowest BCUT2D eigenvalue weighted by molar-refractivity contribution is 0.0916. The predicted octanol–water partition coefficient (Wildman–Crippen LogP) is 2.62. The minimum absolute atomic E-state index is 0.0112. The van der Waals surface area contributed by atoms with Gasteiger partial charge in [-0.05, 0) is 36.6 Å². The highest BCUT2D eigenvalue weighted by molar-refractivity contribution is 5.95. The number of hydrogen-bond acceptors (Lipinski definition) is 4. The van der Waals surface area contributed by atoms with E-state index in [0.717, 1.165) is 5.56 Å². The number of amides is 1.